The highest BCUT2D eigenvalue weighted by Gasteiger charge is 2.31. The van der Waals surface area contributed by atoms with Gasteiger partial charge in [0.2, 0.25) is 0 Å². The van der Waals surface area contributed by atoms with E-state index in [2.05, 4.69) is 10.4 Å². The minimum atomic E-state index is -0.536. The SMILES string of the molecule is CC(C)(C)OC(=O)N1CCC(NC(=O)O[C@@H]2CCN(c3cnn(C4CCCCO4)c(=O)c3Cl)C2)CC1. The van der Waals surface area contributed by atoms with Crippen molar-refractivity contribution in [1.29, 1.82) is 0 Å². The topological polar surface area (TPSA) is 115 Å². The number of carbonyl (C=O) groups excluding carboxylic acids is 2. The highest BCUT2D eigenvalue weighted by atomic mass is 35.5. The van der Waals surface area contributed by atoms with Gasteiger partial charge in [0.15, 0.2) is 6.23 Å². The van der Waals surface area contributed by atoms with E-state index in [9.17, 15) is 14.4 Å². The predicted octanol–water partition coefficient (Wildman–Crippen LogP) is 3.30. The first-order valence-electron chi connectivity index (χ1n) is 12.7. The zero-order valence-corrected chi connectivity index (χ0v) is 22.0. The fraction of sp³-hybridized carbons (Fsp3) is 0.750. The third-order valence-corrected chi connectivity index (χ3v) is 6.94. The Morgan fingerprint density at radius 1 is 1.14 bits per heavy atom. The van der Waals surface area contributed by atoms with Gasteiger partial charge in [-0.15, -0.1) is 0 Å². The molecule has 3 saturated heterocycles. The van der Waals surface area contributed by atoms with Crippen molar-refractivity contribution >= 4 is 29.5 Å². The van der Waals surface area contributed by atoms with Gasteiger partial charge >= 0.3 is 12.2 Å². The van der Waals surface area contributed by atoms with Gasteiger partial charge in [0.1, 0.15) is 16.7 Å². The van der Waals surface area contributed by atoms with Crippen LogP contribution in [0.3, 0.4) is 0 Å². The summed E-state index contributed by atoms with van der Waals surface area (Å²) in [6.07, 6.45) is 4.64. The monoisotopic (exact) mass is 525 g/mol. The molecule has 1 aromatic heterocycles. The number of anilines is 1. The second-order valence-corrected chi connectivity index (χ2v) is 10.9. The molecule has 2 amide bonds. The van der Waals surface area contributed by atoms with Gasteiger partial charge in [-0.05, 0) is 52.9 Å². The number of aromatic nitrogens is 2. The van der Waals surface area contributed by atoms with Gasteiger partial charge in [-0.2, -0.15) is 9.78 Å². The number of likely N-dealkylation sites (tertiary alicyclic amines) is 1. The lowest BCUT2D eigenvalue weighted by Gasteiger charge is -2.33. The first-order chi connectivity index (χ1) is 17.1. The summed E-state index contributed by atoms with van der Waals surface area (Å²) in [4.78, 5) is 41.1. The van der Waals surface area contributed by atoms with Gasteiger partial charge in [0.05, 0.1) is 18.4 Å². The molecule has 3 fully saturated rings. The molecular formula is C24H36ClN5O6. The van der Waals surface area contributed by atoms with Gasteiger partial charge in [-0.1, -0.05) is 11.6 Å². The van der Waals surface area contributed by atoms with Crippen LogP contribution in [0.25, 0.3) is 0 Å². The normalized spacial score (nSPS) is 23.4. The molecule has 0 aromatic carbocycles. The van der Waals surface area contributed by atoms with Gasteiger partial charge in [-0.3, -0.25) is 4.79 Å². The van der Waals surface area contributed by atoms with Crippen molar-refractivity contribution in [1.82, 2.24) is 20.0 Å². The highest BCUT2D eigenvalue weighted by molar-refractivity contribution is 6.33. The number of halogens is 1. The highest BCUT2D eigenvalue weighted by Crippen LogP contribution is 2.28. The quantitative estimate of drug-likeness (QED) is 0.636. The summed E-state index contributed by atoms with van der Waals surface area (Å²) in [5, 5.41) is 7.31. The summed E-state index contributed by atoms with van der Waals surface area (Å²) in [5.74, 6) is 0. The van der Waals surface area contributed by atoms with Crippen LogP contribution in [0.2, 0.25) is 5.02 Å². The van der Waals surface area contributed by atoms with E-state index in [-0.39, 0.29) is 35.0 Å². The fourth-order valence-corrected chi connectivity index (χ4v) is 4.96. The zero-order valence-electron chi connectivity index (χ0n) is 21.2. The molecule has 12 heteroatoms. The fourth-order valence-electron chi connectivity index (χ4n) is 4.71. The van der Waals surface area contributed by atoms with Gasteiger partial charge in [-0.25, -0.2) is 9.59 Å². The summed E-state index contributed by atoms with van der Waals surface area (Å²) >= 11 is 6.42. The van der Waals surface area contributed by atoms with Gasteiger partial charge < -0.3 is 29.3 Å². The molecule has 11 nitrogen and oxygen atoms in total. The van der Waals surface area contributed by atoms with Crippen LogP contribution in [0.15, 0.2) is 11.0 Å². The lowest BCUT2D eigenvalue weighted by Crippen LogP contribution is -2.48. The summed E-state index contributed by atoms with van der Waals surface area (Å²) < 4.78 is 18.0. The van der Waals surface area contributed by atoms with Crippen LogP contribution in [0.1, 0.15) is 65.5 Å². The van der Waals surface area contributed by atoms with E-state index in [1.807, 2.05) is 25.7 Å². The molecular weight excluding hydrogens is 490 g/mol. The minimum absolute atomic E-state index is 0.0677. The first kappa shape index (κ1) is 26.5. The second-order valence-electron chi connectivity index (χ2n) is 10.6. The number of ether oxygens (including phenoxy) is 3. The van der Waals surface area contributed by atoms with Gasteiger partial charge in [0.25, 0.3) is 5.56 Å². The number of rotatable bonds is 4. The van der Waals surface area contributed by atoms with Crippen LogP contribution in [-0.4, -0.2) is 77.4 Å². The minimum Gasteiger partial charge on any atom is -0.444 e. The van der Waals surface area contributed by atoms with E-state index in [0.717, 1.165) is 19.3 Å². The second kappa shape index (κ2) is 11.2. The Labute approximate surface area is 216 Å². The number of hydrogen-bond acceptors (Lipinski definition) is 8. The van der Waals surface area contributed by atoms with Crippen LogP contribution in [0, 0.1) is 0 Å². The molecule has 1 aromatic rings. The molecule has 3 aliphatic heterocycles. The third-order valence-electron chi connectivity index (χ3n) is 6.58. The van der Waals surface area contributed by atoms with Gasteiger partial charge in [0, 0.05) is 38.7 Å². The first-order valence-corrected chi connectivity index (χ1v) is 13.1. The van der Waals surface area contributed by atoms with Crippen LogP contribution < -0.4 is 15.8 Å². The molecule has 0 aliphatic carbocycles. The van der Waals surface area contributed by atoms with E-state index >= 15 is 0 Å². The van der Waals surface area contributed by atoms with Crippen molar-refractivity contribution in [2.24, 2.45) is 0 Å². The number of amides is 2. The maximum atomic E-state index is 12.8. The molecule has 36 heavy (non-hydrogen) atoms. The molecule has 3 aliphatic rings. The van der Waals surface area contributed by atoms with E-state index in [4.69, 9.17) is 25.8 Å². The maximum Gasteiger partial charge on any atom is 0.410 e. The van der Waals surface area contributed by atoms with Crippen LogP contribution in [0.5, 0.6) is 0 Å². The Balaban J connectivity index is 1.24. The Bertz CT molecular complexity index is 998. The molecule has 0 saturated carbocycles. The number of carbonyl (C=O) groups is 2. The summed E-state index contributed by atoms with van der Waals surface area (Å²) in [5.41, 5.74) is -0.374. The number of piperidine rings is 1. The van der Waals surface area contributed by atoms with Crippen molar-refractivity contribution in [3.8, 4) is 0 Å². The lowest BCUT2D eigenvalue weighted by atomic mass is 10.1. The number of alkyl carbamates (subject to hydrolysis) is 1. The van der Waals surface area contributed by atoms with E-state index < -0.39 is 11.7 Å². The van der Waals surface area contributed by atoms with Crippen molar-refractivity contribution < 1.29 is 23.8 Å². The number of hydrogen-bond donors (Lipinski definition) is 1. The Hall–Kier alpha value is -2.53. The van der Waals surface area contributed by atoms with Crippen LogP contribution in [-0.2, 0) is 14.2 Å². The smallest absolute Gasteiger partial charge is 0.410 e. The average molecular weight is 526 g/mol. The zero-order chi connectivity index (χ0) is 25.9. The number of nitrogens with zero attached hydrogens (tertiary/aromatic N) is 4. The largest absolute Gasteiger partial charge is 0.444 e. The van der Waals surface area contributed by atoms with Crippen molar-refractivity contribution in [2.75, 3.05) is 37.7 Å². The predicted molar refractivity (Wildman–Crippen MR) is 133 cm³/mol. The standard InChI is InChI=1S/C24H36ClN5O6/c1-24(2,3)36-23(33)28-10-7-16(8-11-28)27-22(32)35-17-9-12-29(15-17)18-14-26-30(21(31)20(18)25)19-6-4-5-13-34-19/h14,16-17,19H,4-13,15H2,1-3H3,(H,27,32)/t17-,19?/m1/s1. The Kier molecular flexibility index (Phi) is 8.29. The van der Waals surface area contributed by atoms with Crippen molar-refractivity contribution in [3.05, 3.63) is 21.6 Å². The molecule has 200 valence electrons. The van der Waals surface area contributed by atoms with E-state index in [0.29, 0.717) is 57.7 Å². The molecule has 0 spiro atoms. The van der Waals surface area contributed by atoms with Crippen molar-refractivity contribution in [2.45, 2.75) is 83.3 Å². The summed E-state index contributed by atoms with van der Waals surface area (Å²) in [6.45, 7) is 8.16. The molecule has 4 rings (SSSR count). The molecule has 1 N–H and O–H groups in total. The van der Waals surface area contributed by atoms with E-state index in [1.165, 1.54) is 4.68 Å². The molecule has 1 unspecified atom stereocenters. The molecule has 0 bridgehead atoms. The van der Waals surface area contributed by atoms with Crippen molar-refractivity contribution in [3.63, 3.8) is 0 Å². The average Bonchev–Trinajstić information content (AvgIpc) is 3.28. The van der Waals surface area contributed by atoms with Crippen LogP contribution >= 0.6 is 11.6 Å². The third kappa shape index (κ3) is 6.61. The molecule has 2 atom stereocenters. The number of nitrogens with one attached hydrogen (secondary N) is 1. The van der Waals surface area contributed by atoms with Crippen LogP contribution in [0.4, 0.5) is 15.3 Å². The lowest BCUT2D eigenvalue weighted by molar-refractivity contribution is -0.0424. The van der Waals surface area contributed by atoms with E-state index in [1.54, 1.807) is 11.1 Å². The molecule has 0 radical (unpaired) electrons. The maximum absolute atomic E-state index is 12.8. The summed E-state index contributed by atoms with van der Waals surface area (Å²) in [7, 11) is 0. The summed E-state index contributed by atoms with van der Waals surface area (Å²) in [6, 6.07) is -0.0677. The Morgan fingerprint density at radius 2 is 1.89 bits per heavy atom. The molecule has 4 heterocycles. The Morgan fingerprint density at radius 3 is 2.56 bits per heavy atom.